The van der Waals surface area contributed by atoms with Gasteiger partial charge in [-0.2, -0.15) is 4.98 Å². The lowest BCUT2D eigenvalue weighted by Gasteiger charge is -2.33. The summed E-state index contributed by atoms with van der Waals surface area (Å²) >= 11 is 0. The molecule has 208 valence electrons. The van der Waals surface area contributed by atoms with Crippen LogP contribution in [0.15, 0.2) is 60.0 Å². The number of anilines is 3. The van der Waals surface area contributed by atoms with Gasteiger partial charge < -0.3 is 25.0 Å². The third-order valence-electron chi connectivity index (χ3n) is 7.64. The first-order valence-corrected chi connectivity index (χ1v) is 13.4. The van der Waals surface area contributed by atoms with Crippen LogP contribution in [-0.2, 0) is 12.1 Å². The first-order valence-electron chi connectivity index (χ1n) is 13.4. The minimum absolute atomic E-state index is 0.251. The number of hydrogen-bond acceptors (Lipinski definition) is 9. The lowest BCUT2D eigenvalue weighted by atomic mass is 10.1. The second-order valence-electron chi connectivity index (χ2n) is 11.1. The van der Waals surface area contributed by atoms with Crippen LogP contribution in [0.2, 0.25) is 0 Å². The molecule has 0 amide bonds. The number of nitrogens with zero attached hydrogens (tertiary/aromatic N) is 7. The van der Waals surface area contributed by atoms with E-state index in [-0.39, 0.29) is 12.1 Å². The maximum absolute atomic E-state index is 13.3. The fraction of sp³-hybridized carbons (Fsp3) is 0.379. The van der Waals surface area contributed by atoms with E-state index >= 15 is 0 Å². The molecule has 0 aliphatic carbocycles. The summed E-state index contributed by atoms with van der Waals surface area (Å²) in [4.78, 5) is 31.8. The van der Waals surface area contributed by atoms with Gasteiger partial charge in [-0.05, 0) is 58.6 Å². The molecule has 6 rings (SSSR count). The van der Waals surface area contributed by atoms with E-state index in [2.05, 4.69) is 51.8 Å². The second kappa shape index (κ2) is 9.76. The van der Waals surface area contributed by atoms with Gasteiger partial charge in [0.15, 0.2) is 11.5 Å². The van der Waals surface area contributed by atoms with E-state index in [1.54, 1.807) is 42.8 Å². The molecule has 2 atom stereocenters. The van der Waals surface area contributed by atoms with Crippen molar-refractivity contribution in [3.63, 3.8) is 0 Å². The van der Waals surface area contributed by atoms with Crippen LogP contribution in [0.25, 0.3) is 16.9 Å². The summed E-state index contributed by atoms with van der Waals surface area (Å²) in [6.45, 7) is 9.02. The average Bonchev–Trinajstić information content (AvgIpc) is 3.48. The zero-order chi connectivity index (χ0) is 28.2. The normalized spacial score (nSPS) is 18.5. The number of pyridine rings is 1. The first-order chi connectivity index (χ1) is 19.1. The SMILES string of the molecule is C=CCn1c(=O)c2cnc(Nc3ccc4c(c3)OC[C@@H]3C[C@H](N(C)C)CN43)nc2n1-c1cccc(C(C)(C)O)n1. The number of hydrogen-bond donors (Lipinski definition) is 2. The van der Waals surface area contributed by atoms with E-state index in [0.717, 1.165) is 30.1 Å². The number of ether oxygens (including phenoxy) is 1. The van der Waals surface area contributed by atoms with E-state index in [1.807, 2.05) is 12.1 Å². The number of aliphatic hydroxyl groups is 1. The maximum Gasteiger partial charge on any atom is 0.278 e. The summed E-state index contributed by atoms with van der Waals surface area (Å²) in [6, 6.07) is 12.2. The molecule has 1 fully saturated rings. The van der Waals surface area contributed by atoms with Crippen molar-refractivity contribution in [2.24, 2.45) is 0 Å². The van der Waals surface area contributed by atoms with Crippen molar-refractivity contribution >= 4 is 28.4 Å². The Labute approximate surface area is 232 Å². The topological polar surface area (TPSA) is 114 Å². The second-order valence-corrected chi connectivity index (χ2v) is 11.1. The average molecular weight is 543 g/mol. The van der Waals surface area contributed by atoms with Crippen LogP contribution in [0.1, 0.15) is 26.0 Å². The minimum Gasteiger partial charge on any atom is -0.489 e. The van der Waals surface area contributed by atoms with E-state index in [1.165, 1.54) is 10.9 Å². The van der Waals surface area contributed by atoms with Crippen LogP contribution in [0.5, 0.6) is 5.75 Å². The molecule has 1 aromatic carbocycles. The van der Waals surface area contributed by atoms with Crippen molar-refractivity contribution in [1.82, 2.24) is 29.2 Å². The van der Waals surface area contributed by atoms with Crippen molar-refractivity contribution in [1.29, 1.82) is 0 Å². The highest BCUT2D eigenvalue weighted by atomic mass is 16.5. The van der Waals surface area contributed by atoms with Gasteiger partial charge in [0.2, 0.25) is 5.95 Å². The van der Waals surface area contributed by atoms with Crippen molar-refractivity contribution in [2.45, 2.75) is 44.5 Å². The molecule has 2 aliphatic heterocycles. The van der Waals surface area contributed by atoms with Crippen LogP contribution < -0.4 is 20.5 Å². The summed E-state index contributed by atoms with van der Waals surface area (Å²) in [5.41, 5.74) is 1.34. The molecule has 11 heteroatoms. The van der Waals surface area contributed by atoms with Gasteiger partial charge in [0.05, 0.1) is 24.0 Å². The molecular weight excluding hydrogens is 508 g/mol. The summed E-state index contributed by atoms with van der Waals surface area (Å²) in [5.74, 6) is 1.61. The van der Waals surface area contributed by atoms with Gasteiger partial charge in [-0.1, -0.05) is 12.1 Å². The number of rotatable bonds is 7. The standard InChI is InChI=1S/C29H34N8O3/c1-6-12-36-27(38)21-15-30-28(33-26(21)37(36)25-9-7-8-24(32-25)29(2,3)39)31-18-10-11-22-23(13-18)40-17-20-14-19(34(4)5)16-35(20)22/h6-11,13,15,19-20,39H,1,12,14,16-17H2,2-5H3,(H,30,31,33)/t19-,20-/m0/s1. The Bertz CT molecular complexity index is 1650. The molecule has 0 spiro atoms. The fourth-order valence-electron chi connectivity index (χ4n) is 5.47. The van der Waals surface area contributed by atoms with Gasteiger partial charge in [0.1, 0.15) is 23.3 Å². The third kappa shape index (κ3) is 4.50. The number of fused-ring (bicyclic) bond motifs is 4. The molecule has 0 radical (unpaired) electrons. The zero-order valence-corrected chi connectivity index (χ0v) is 23.2. The summed E-state index contributed by atoms with van der Waals surface area (Å²) in [7, 11) is 4.25. The van der Waals surface area contributed by atoms with Gasteiger partial charge in [-0.25, -0.2) is 19.3 Å². The molecule has 11 nitrogen and oxygen atoms in total. The van der Waals surface area contributed by atoms with Crippen LogP contribution in [-0.4, -0.2) is 73.7 Å². The molecule has 0 saturated carbocycles. The minimum atomic E-state index is -1.15. The highest BCUT2D eigenvalue weighted by Gasteiger charge is 2.37. The van der Waals surface area contributed by atoms with Gasteiger partial charge in [0, 0.05) is 30.5 Å². The Kier molecular flexibility index (Phi) is 6.35. The van der Waals surface area contributed by atoms with Crippen molar-refractivity contribution in [3.8, 4) is 11.6 Å². The zero-order valence-electron chi connectivity index (χ0n) is 23.2. The molecule has 0 unspecified atom stereocenters. The molecule has 2 N–H and O–H groups in total. The van der Waals surface area contributed by atoms with E-state index in [4.69, 9.17) is 9.72 Å². The van der Waals surface area contributed by atoms with Gasteiger partial charge in [-0.15, -0.1) is 6.58 Å². The smallest absolute Gasteiger partial charge is 0.278 e. The molecule has 4 aromatic rings. The predicted octanol–water partition coefficient (Wildman–Crippen LogP) is 3.04. The molecule has 1 saturated heterocycles. The van der Waals surface area contributed by atoms with Crippen molar-refractivity contribution < 1.29 is 9.84 Å². The summed E-state index contributed by atoms with van der Waals surface area (Å²) in [6.07, 6.45) is 4.25. The van der Waals surface area contributed by atoms with Gasteiger partial charge in [0.25, 0.3) is 5.56 Å². The van der Waals surface area contributed by atoms with Crippen molar-refractivity contribution in [3.05, 3.63) is 71.3 Å². The van der Waals surface area contributed by atoms with Crippen LogP contribution in [0.4, 0.5) is 17.3 Å². The van der Waals surface area contributed by atoms with E-state index in [0.29, 0.717) is 47.2 Å². The summed E-state index contributed by atoms with van der Waals surface area (Å²) < 4.78 is 9.30. The Balaban J connectivity index is 1.36. The Morgan fingerprint density at radius 2 is 2.08 bits per heavy atom. The first kappa shape index (κ1) is 26.0. The van der Waals surface area contributed by atoms with E-state index < -0.39 is 5.60 Å². The number of likely N-dealkylation sites (N-methyl/N-ethyl adjacent to an activating group) is 1. The molecule has 5 heterocycles. The Morgan fingerprint density at radius 1 is 1.25 bits per heavy atom. The maximum atomic E-state index is 13.3. The number of aromatic nitrogens is 5. The van der Waals surface area contributed by atoms with Gasteiger partial charge >= 0.3 is 0 Å². The molecule has 2 aliphatic rings. The molecule has 3 aromatic heterocycles. The highest BCUT2D eigenvalue weighted by Crippen LogP contribution is 2.40. The molecule has 0 bridgehead atoms. The van der Waals surface area contributed by atoms with Crippen molar-refractivity contribution in [2.75, 3.05) is 37.5 Å². The molecule has 40 heavy (non-hydrogen) atoms. The summed E-state index contributed by atoms with van der Waals surface area (Å²) in [5, 5.41) is 14.2. The highest BCUT2D eigenvalue weighted by molar-refractivity contribution is 5.77. The predicted molar refractivity (Wildman–Crippen MR) is 155 cm³/mol. The van der Waals surface area contributed by atoms with Gasteiger partial charge in [-0.3, -0.25) is 4.79 Å². The molecular formula is C29H34N8O3. The quantitative estimate of drug-likeness (QED) is 0.340. The van der Waals surface area contributed by atoms with Crippen LogP contribution in [0, 0.1) is 0 Å². The number of allylic oxidation sites excluding steroid dienone is 1. The lowest BCUT2D eigenvalue weighted by Crippen LogP contribution is -2.38. The number of benzene rings is 1. The Morgan fingerprint density at radius 3 is 2.83 bits per heavy atom. The van der Waals surface area contributed by atoms with E-state index in [9.17, 15) is 9.90 Å². The lowest BCUT2D eigenvalue weighted by molar-refractivity contribution is 0.0738. The number of nitrogens with one attached hydrogen (secondary N) is 1. The third-order valence-corrected chi connectivity index (χ3v) is 7.64. The largest absolute Gasteiger partial charge is 0.489 e. The monoisotopic (exact) mass is 542 g/mol. The van der Waals surface area contributed by atoms with Crippen LogP contribution >= 0.6 is 0 Å². The van der Waals surface area contributed by atoms with Crippen LogP contribution in [0.3, 0.4) is 0 Å². The Hall–Kier alpha value is -4.22. The fourth-order valence-corrected chi connectivity index (χ4v) is 5.47.